The topological polar surface area (TPSA) is 81.3 Å². The van der Waals surface area contributed by atoms with E-state index >= 15 is 0 Å². The summed E-state index contributed by atoms with van der Waals surface area (Å²) in [5, 5.41) is 10.3. The van der Waals surface area contributed by atoms with Crippen LogP contribution in [0.15, 0.2) is 52.4 Å². The van der Waals surface area contributed by atoms with Crippen LogP contribution < -0.4 is 10.9 Å². The van der Waals surface area contributed by atoms with E-state index in [0.717, 1.165) is 23.9 Å². The number of thioether (sulfide) groups is 1. The van der Waals surface area contributed by atoms with Gasteiger partial charge in [0.1, 0.15) is 0 Å². The van der Waals surface area contributed by atoms with Crippen LogP contribution in [0, 0.1) is 0 Å². The minimum absolute atomic E-state index is 0.0924. The van der Waals surface area contributed by atoms with Crippen LogP contribution in [0.4, 0.5) is 18.9 Å². The third-order valence-electron chi connectivity index (χ3n) is 4.79. The second-order valence-electron chi connectivity index (χ2n) is 6.94. The predicted octanol–water partition coefficient (Wildman–Crippen LogP) is 4.37. The van der Waals surface area contributed by atoms with Gasteiger partial charge in [0.25, 0.3) is 5.56 Å². The zero-order chi connectivity index (χ0) is 23.2. The first-order chi connectivity index (χ1) is 15.1. The van der Waals surface area contributed by atoms with Crippen LogP contribution >= 0.6 is 23.4 Å². The molecular formula is C20H15ClF3N5O2S. The molecule has 2 aromatic heterocycles. The van der Waals surface area contributed by atoms with E-state index < -0.39 is 28.6 Å². The van der Waals surface area contributed by atoms with Gasteiger partial charge in [0.05, 0.1) is 27.4 Å². The van der Waals surface area contributed by atoms with Gasteiger partial charge in [-0.25, -0.2) is 0 Å². The molecule has 1 amide bonds. The molecule has 4 aromatic rings. The van der Waals surface area contributed by atoms with Crippen molar-refractivity contribution in [3.8, 4) is 0 Å². The van der Waals surface area contributed by atoms with Gasteiger partial charge in [-0.05, 0) is 37.3 Å². The number of halogens is 4. The summed E-state index contributed by atoms with van der Waals surface area (Å²) in [6.45, 7) is 1.54. The van der Waals surface area contributed by atoms with E-state index in [1.54, 1.807) is 35.7 Å². The first kappa shape index (κ1) is 22.2. The number of alkyl halides is 3. The number of benzene rings is 2. The molecule has 0 radical (unpaired) electrons. The lowest BCUT2D eigenvalue weighted by Gasteiger charge is -2.16. The lowest BCUT2D eigenvalue weighted by atomic mass is 10.1. The van der Waals surface area contributed by atoms with Crippen molar-refractivity contribution < 1.29 is 18.0 Å². The molecule has 0 fully saturated rings. The standard InChI is InChI=1S/C20H15ClF3N5O2S/c1-10(16(30)25-14-8-7-11(21)9-13(14)20(22,23)24)32-19-27-26-18-28(2)17(31)12-5-3-4-6-15(12)29(18)19/h3-10H,1-2H3,(H,25,30). The van der Waals surface area contributed by atoms with Gasteiger partial charge in [0.15, 0.2) is 5.16 Å². The number of carbonyl (C=O) groups is 1. The van der Waals surface area contributed by atoms with Crippen LogP contribution in [0.3, 0.4) is 0 Å². The van der Waals surface area contributed by atoms with Crippen molar-refractivity contribution in [3.05, 3.63) is 63.4 Å². The van der Waals surface area contributed by atoms with Crippen LogP contribution in [0.2, 0.25) is 5.02 Å². The zero-order valence-corrected chi connectivity index (χ0v) is 18.2. The smallest absolute Gasteiger partial charge is 0.325 e. The number of fused-ring (bicyclic) bond motifs is 3. The monoisotopic (exact) mass is 481 g/mol. The Morgan fingerprint density at radius 2 is 1.91 bits per heavy atom. The number of para-hydroxylation sites is 1. The van der Waals surface area contributed by atoms with E-state index in [4.69, 9.17) is 11.6 Å². The maximum absolute atomic E-state index is 13.3. The first-order valence-corrected chi connectivity index (χ1v) is 10.5. The molecule has 0 saturated heterocycles. The molecule has 0 bridgehead atoms. The lowest BCUT2D eigenvalue weighted by Crippen LogP contribution is -2.24. The minimum Gasteiger partial charge on any atom is -0.325 e. The van der Waals surface area contributed by atoms with E-state index in [9.17, 15) is 22.8 Å². The molecule has 0 aliphatic rings. The molecule has 2 aromatic carbocycles. The highest BCUT2D eigenvalue weighted by Crippen LogP contribution is 2.37. The Morgan fingerprint density at radius 1 is 1.19 bits per heavy atom. The summed E-state index contributed by atoms with van der Waals surface area (Å²) in [6.07, 6.45) is -4.68. The van der Waals surface area contributed by atoms with Gasteiger partial charge in [-0.3, -0.25) is 18.6 Å². The van der Waals surface area contributed by atoms with Crippen molar-refractivity contribution in [3.63, 3.8) is 0 Å². The molecule has 1 unspecified atom stereocenters. The van der Waals surface area contributed by atoms with Crippen molar-refractivity contribution in [2.24, 2.45) is 7.05 Å². The number of aromatic nitrogens is 4. The molecule has 12 heteroatoms. The summed E-state index contributed by atoms with van der Waals surface area (Å²) in [6, 6.07) is 10.0. The summed E-state index contributed by atoms with van der Waals surface area (Å²) in [5.74, 6) is -0.380. The number of hydrogen-bond acceptors (Lipinski definition) is 5. The van der Waals surface area contributed by atoms with Crippen LogP contribution in [0.1, 0.15) is 12.5 Å². The molecule has 0 saturated carbocycles. The number of amides is 1. The Kier molecular flexibility index (Phi) is 5.63. The van der Waals surface area contributed by atoms with Crippen molar-refractivity contribution in [1.82, 2.24) is 19.2 Å². The number of hydrogen-bond donors (Lipinski definition) is 1. The molecule has 1 N–H and O–H groups in total. The second-order valence-corrected chi connectivity index (χ2v) is 8.68. The summed E-state index contributed by atoms with van der Waals surface area (Å²) in [7, 11) is 1.56. The maximum atomic E-state index is 13.3. The van der Waals surface area contributed by atoms with Crippen LogP contribution in [-0.4, -0.2) is 30.3 Å². The van der Waals surface area contributed by atoms with Gasteiger partial charge in [-0.2, -0.15) is 13.2 Å². The summed E-state index contributed by atoms with van der Waals surface area (Å²) >= 11 is 6.69. The Bertz CT molecular complexity index is 1420. The molecule has 1 atom stereocenters. The molecule has 32 heavy (non-hydrogen) atoms. The molecule has 0 spiro atoms. The summed E-state index contributed by atoms with van der Waals surface area (Å²) in [4.78, 5) is 25.2. The number of nitrogens with zero attached hydrogens (tertiary/aromatic N) is 4. The third-order valence-corrected chi connectivity index (χ3v) is 6.07. The van der Waals surface area contributed by atoms with Crippen LogP contribution in [0.25, 0.3) is 16.7 Å². The van der Waals surface area contributed by atoms with E-state index in [1.165, 1.54) is 17.6 Å². The normalized spacial score (nSPS) is 12.9. The number of carbonyl (C=O) groups excluding carboxylic acids is 1. The number of aryl methyl sites for hydroxylation is 1. The van der Waals surface area contributed by atoms with Crippen molar-refractivity contribution in [2.45, 2.75) is 23.5 Å². The predicted molar refractivity (Wildman–Crippen MR) is 116 cm³/mol. The highest BCUT2D eigenvalue weighted by molar-refractivity contribution is 8.00. The lowest BCUT2D eigenvalue weighted by molar-refractivity contribution is -0.137. The van der Waals surface area contributed by atoms with E-state index in [0.29, 0.717) is 16.1 Å². The molecule has 166 valence electrons. The Balaban J connectivity index is 1.67. The molecular weight excluding hydrogens is 467 g/mol. The Labute approximate surface area is 188 Å². The van der Waals surface area contributed by atoms with E-state index in [1.807, 2.05) is 0 Å². The molecule has 4 rings (SSSR count). The fourth-order valence-corrected chi connectivity index (χ4v) is 4.22. The van der Waals surface area contributed by atoms with Gasteiger partial charge < -0.3 is 5.32 Å². The minimum atomic E-state index is -4.68. The van der Waals surface area contributed by atoms with Gasteiger partial charge in [0, 0.05) is 12.1 Å². The zero-order valence-electron chi connectivity index (χ0n) is 16.6. The van der Waals surface area contributed by atoms with Crippen molar-refractivity contribution in [1.29, 1.82) is 0 Å². The maximum Gasteiger partial charge on any atom is 0.418 e. The van der Waals surface area contributed by atoms with E-state index in [2.05, 4.69) is 15.5 Å². The van der Waals surface area contributed by atoms with Crippen LogP contribution in [0.5, 0.6) is 0 Å². The number of rotatable bonds is 4. The van der Waals surface area contributed by atoms with Gasteiger partial charge >= 0.3 is 6.18 Å². The Morgan fingerprint density at radius 3 is 2.62 bits per heavy atom. The van der Waals surface area contributed by atoms with Gasteiger partial charge in [0.2, 0.25) is 11.7 Å². The highest BCUT2D eigenvalue weighted by atomic mass is 35.5. The summed E-state index contributed by atoms with van der Waals surface area (Å²) in [5.41, 5.74) is -1.12. The second kappa shape index (κ2) is 8.14. The average Bonchev–Trinajstić information content (AvgIpc) is 3.16. The van der Waals surface area contributed by atoms with Crippen LogP contribution in [-0.2, 0) is 18.0 Å². The van der Waals surface area contributed by atoms with Gasteiger partial charge in [-0.15, -0.1) is 10.2 Å². The highest BCUT2D eigenvalue weighted by Gasteiger charge is 2.34. The average molecular weight is 482 g/mol. The first-order valence-electron chi connectivity index (χ1n) is 9.25. The molecule has 7 nitrogen and oxygen atoms in total. The molecule has 0 aliphatic carbocycles. The fraction of sp³-hybridized carbons (Fsp3) is 0.200. The number of nitrogens with one attached hydrogen (secondary N) is 1. The molecule has 2 heterocycles. The SMILES string of the molecule is CC(Sc1nnc2n(C)c(=O)c3ccccc3n12)C(=O)Nc1ccc(Cl)cc1C(F)(F)F. The van der Waals surface area contributed by atoms with Crippen molar-refractivity contribution >= 4 is 51.6 Å². The third kappa shape index (κ3) is 3.93. The largest absolute Gasteiger partial charge is 0.418 e. The molecule has 0 aliphatic heterocycles. The van der Waals surface area contributed by atoms with Crippen molar-refractivity contribution in [2.75, 3.05) is 5.32 Å². The fourth-order valence-electron chi connectivity index (χ4n) is 3.19. The Hall–Kier alpha value is -3.05. The number of anilines is 1. The van der Waals surface area contributed by atoms with E-state index in [-0.39, 0.29) is 16.4 Å². The quantitative estimate of drug-likeness (QED) is 0.438. The summed E-state index contributed by atoms with van der Waals surface area (Å²) < 4.78 is 42.9. The van der Waals surface area contributed by atoms with Gasteiger partial charge in [-0.1, -0.05) is 35.5 Å².